The maximum absolute atomic E-state index is 12.0. The fraction of sp³-hybridized carbons (Fsp3) is 0.977. The standard InChI is InChI=1S/C44H90N2O5S/c1-4-7-10-13-18-25-33-42(34-26-19-14-11-8-5-2)51-44(48)36-28-21-17-23-30-39-46(40-32-37-45-52-49)38-29-22-16-20-27-35-43(47)50-41-31-24-15-12-9-6-3/h42,44,48,52H,4-41H2,1-3H3,(H,45,49). The second-order valence-electron chi connectivity index (χ2n) is 15.6. The van der Waals surface area contributed by atoms with Crippen molar-refractivity contribution in [3.05, 3.63) is 0 Å². The lowest BCUT2D eigenvalue weighted by Gasteiger charge is -2.22. The van der Waals surface area contributed by atoms with E-state index in [1.54, 1.807) is 0 Å². The molecule has 1 atom stereocenters. The largest absolute Gasteiger partial charge is 0.466 e. The Labute approximate surface area is 327 Å². The van der Waals surface area contributed by atoms with Gasteiger partial charge in [0.2, 0.25) is 0 Å². The first-order chi connectivity index (χ1) is 25.6. The Morgan fingerprint density at radius 1 is 0.558 bits per heavy atom. The van der Waals surface area contributed by atoms with Crippen molar-refractivity contribution >= 4 is 17.8 Å². The van der Waals surface area contributed by atoms with Crippen molar-refractivity contribution in [1.29, 1.82) is 0 Å². The molecule has 0 aromatic heterocycles. The van der Waals surface area contributed by atoms with Gasteiger partial charge in [-0.2, -0.15) is 0 Å². The summed E-state index contributed by atoms with van der Waals surface area (Å²) in [5.74, 6) is -0.0263. The van der Waals surface area contributed by atoms with E-state index in [0.717, 1.165) is 84.0 Å². The van der Waals surface area contributed by atoms with Crippen LogP contribution in [-0.4, -0.2) is 65.4 Å². The quantitative estimate of drug-likeness (QED) is 0.0248. The molecule has 7 nitrogen and oxygen atoms in total. The summed E-state index contributed by atoms with van der Waals surface area (Å²) in [7, 11) is 0. The molecule has 1 unspecified atom stereocenters. The van der Waals surface area contributed by atoms with Crippen LogP contribution in [0.15, 0.2) is 0 Å². The third kappa shape index (κ3) is 39.2. The Morgan fingerprint density at radius 3 is 1.50 bits per heavy atom. The molecule has 2 N–H and O–H groups in total. The zero-order valence-electron chi connectivity index (χ0n) is 35.0. The third-order valence-electron chi connectivity index (χ3n) is 10.5. The van der Waals surface area contributed by atoms with Crippen molar-refractivity contribution in [2.45, 2.75) is 245 Å². The summed E-state index contributed by atoms with van der Waals surface area (Å²) in [6, 6.07) is 0. The van der Waals surface area contributed by atoms with Crippen LogP contribution >= 0.6 is 0 Å². The number of esters is 1. The third-order valence-corrected chi connectivity index (χ3v) is 10.8. The minimum absolute atomic E-state index is 0.0184. The van der Waals surface area contributed by atoms with Gasteiger partial charge in [0, 0.05) is 13.0 Å². The van der Waals surface area contributed by atoms with Gasteiger partial charge in [-0.15, -0.1) is 0 Å². The van der Waals surface area contributed by atoms with E-state index >= 15 is 0 Å². The first kappa shape index (κ1) is 51.5. The second-order valence-corrected chi connectivity index (χ2v) is 16.1. The van der Waals surface area contributed by atoms with E-state index in [1.807, 2.05) is 0 Å². The summed E-state index contributed by atoms with van der Waals surface area (Å²) in [6.07, 6.45) is 38.4. The summed E-state index contributed by atoms with van der Waals surface area (Å²) < 4.78 is 25.3. The van der Waals surface area contributed by atoms with Gasteiger partial charge in [-0.05, 0) is 77.4 Å². The highest BCUT2D eigenvalue weighted by Gasteiger charge is 2.15. The van der Waals surface area contributed by atoms with Crippen LogP contribution in [0.5, 0.6) is 0 Å². The van der Waals surface area contributed by atoms with Gasteiger partial charge in [0.25, 0.3) is 0 Å². The molecule has 52 heavy (non-hydrogen) atoms. The molecule has 0 aromatic rings. The Bertz CT molecular complexity index is 715. The number of carbonyl (C=O) groups excluding carboxylic acids is 1. The monoisotopic (exact) mass is 759 g/mol. The predicted molar refractivity (Wildman–Crippen MR) is 225 cm³/mol. The molecule has 0 radical (unpaired) electrons. The topological polar surface area (TPSA) is 88.1 Å². The smallest absolute Gasteiger partial charge is 0.305 e. The average molecular weight is 759 g/mol. The summed E-state index contributed by atoms with van der Waals surface area (Å²) >= 11 is 0.0184. The van der Waals surface area contributed by atoms with Gasteiger partial charge in [-0.1, -0.05) is 168 Å². The van der Waals surface area contributed by atoms with Crippen LogP contribution in [0, 0.1) is 0 Å². The fourth-order valence-corrected chi connectivity index (χ4v) is 7.35. The Balaban J connectivity index is 4.17. The number of nitrogens with one attached hydrogen (secondary N) is 1. The van der Waals surface area contributed by atoms with Crippen molar-refractivity contribution in [3.63, 3.8) is 0 Å². The molecule has 0 aliphatic heterocycles. The Kier molecular flexibility index (Phi) is 42.7. The lowest BCUT2D eigenvalue weighted by atomic mass is 10.0. The van der Waals surface area contributed by atoms with E-state index < -0.39 is 6.29 Å². The van der Waals surface area contributed by atoms with Gasteiger partial charge in [0.1, 0.15) is 0 Å². The maximum Gasteiger partial charge on any atom is 0.305 e. The van der Waals surface area contributed by atoms with Crippen LogP contribution in [-0.2, 0) is 26.1 Å². The first-order valence-electron chi connectivity index (χ1n) is 22.8. The van der Waals surface area contributed by atoms with Gasteiger partial charge in [-0.3, -0.25) is 4.79 Å². The van der Waals surface area contributed by atoms with E-state index in [9.17, 15) is 14.1 Å². The molecule has 0 aliphatic rings. The predicted octanol–water partition coefficient (Wildman–Crippen LogP) is 11.9. The van der Waals surface area contributed by atoms with Crippen LogP contribution in [0.4, 0.5) is 0 Å². The normalized spacial score (nSPS) is 12.3. The van der Waals surface area contributed by atoms with Gasteiger partial charge >= 0.3 is 5.97 Å². The minimum Gasteiger partial charge on any atom is -0.466 e. The number of hydrogen-bond donors (Lipinski definition) is 3. The van der Waals surface area contributed by atoms with Crippen molar-refractivity contribution in [2.24, 2.45) is 0 Å². The lowest BCUT2D eigenvalue weighted by Crippen LogP contribution is -2.29. The van der Waals surface area contributed by atoms with Crippen LogP contribution in [0.25, 0.3) is 0 Å². The molecule has 0 heterocycles. The van der Waals surface area contributed by atoms with E-state index in [4.69, 9.17) is 9.47 Å². The number of nitrogens with zero attached hydrogens (tertiary/aromatic N) is 1. The van der Waals surface area contributed by atoms with E-state index in [2.05, 4.69) is 30.4 Å². The van der Waals surface area contributed by atoms with Gasteiger partial charge in [-0.25, -0.2) is 8.93 Å². The number of unbranched alkanes of at least 4 members (excludes halogenated alkanes) is 23. The average Bonchev–Trinajstić information content (AvgIpc) is 3.14. The highest BCUT2D eigenvalue weighted by Crippen LogP contribution is 2.20. The molecule has 0 amide bonds. The maximum atomic E-state index is 12.0. The van der Waals surface area contributed by atoms with Crippen LogP contribution in [0.3, 0.4) is 0 Å². The van der Waals surface area contributed by atoms with Crippen molar-refractivity contribution in [3.8, 4) is 0 Å². The fourth-order valence-electron chi connectivity index (χ4n) is 7.10. The molecule has 0 aromatic carbocycles. The number of hydrogen-bond acceptors (Lipinski definition) is 6. The summed E-state index contributed by atoms with van der Waals surface area (Å²) in [5.41, 5.74) is 0. The Morgan fingerprint density at radius 2 is 0.981 bits per heavy atom. The molecule has 0 aliphatic carbocycles. The zero-order valence-corrected chi connectivity index (χ0v) is 35.9. The van der Waals surface area contributed by atoms with Crippen LogP contribution in [0.2, 0.25) is 0 Å². The molecule has 0 spiro atoms. The molecule has 0 fully saturated rings. The molecule has 8 heteroatoms. The SMILES string of the molecule is CCCCCCCCOC(=O)CCCCCCCN(CCCCCCCC(O)OC(CCCCCCCC)CCCCCCCC)CCCN[SH]=O. The second kappa shape index (κ2) is 43.2. The molecule has 0 saturated heterocycles. The number of aliphatic hydroxyl groups excluding tert-OH is 1. The number of thiol groups is 1. The number of rotatable bonds is 44. The Hall–Kier alpha value is -0.540. The molecule has 0 bridgehead atoms. The van der Waals surface area contributed by atoms with E-state index in [0.29, 0.717) is 13.0 Å². The molecule has 312 valence electrons. The van der Waals surface area contributed by atoms with Gasteiger partial charge in [0.05, 0.1) is 24.6 Å². The van der Waals surface area contributed by atoms with Crippen molar-refractivity contribution in [2.75, 3.05) is 32.8 Å². The zero-order chi connectivity index (χ0) is 38.0. The molecule has 0 rings (SSSR count). The van der Waals surface area contributed by atoms with Crippen molar-refractivity contribution in [1.82, 2.24) is 9.62 Å². The first-order valence-corrected chi connectivity index (χ1v) is 23.6. The van der Waals surface area contributed by atoms with Crippen molar-refractivity contribution < 1.29 is 23.6 Å². The summed E-state index contributed by atoms with van der Waals surface area (Å²) in [6.45, 7) is 11.4. The van der Waals surface area contributed by atoms with Gasteiger partial charge in [0.15, 0.2) is 6.29 Å². The lowest BCUT2D eigenvalue weighted by molar-refractivity contribution is -0.144. The number of carbonyl (C=O) groups is 1. The van der Waals surface area contributed by atoms with E-state index in [1.165, 1.54) is 148 Å². The molecular weight excluding hydrogens is 669 g/mol. The molecular formula is C44H90N2O5S. The molecule has 0 saturated carbocycles. The van der Waals surface area contributed by atoms with Crippen LogP contribution < -0.4 is 4.72 Å². The number of aliphatic hydroxyl groups is 1. The van der Waals surface area contributed by atoms with Gasteiger partial charge < -0.3 is 19.5 Å². The summed E-state index contributed by atoms with van der Waals surface area (Å²) in [4.78, 5) is 14.6. The highest BCUT2D eigenvalue weighted by molar-refractivity contribution is 7.63. The number of ether oxygens (including phenoxy) is 2. The highest BCUT2D eigenvalue weighted by atomic mass is 32.2. The van der Waals surface area contributed by atoms with E-state index in [-0.39, 0.29) is 23.9 Å². The van der Waals surface area contributed by atoms with Crippen LogP contribution in [0.1, 0.15) is 233 Å². The minimum atomic E-state index is -0.619. The summed E-state index contributed by atoms with van der Waals surface area (Å²) in [5, 5.41) is 10.7.